The number of aromatic hydroxyl groups is 2. The van der Waals surface area contributed by atoms with Crippen LogP contribution in [0.1, 0.15) is 6.42 Å². The molecule has 4 heteroatoms. The van der Waals surface area contributed by atoms with Crippen LogP contribution in [0, 0.1) is 0 Å². The Morgan fingerprint density at radius 2 is 2.14 bits per heavy atom. The normalized spacial score (nSPS) is 16.7. The van der Waals surface area contributed by atoms with Crippen LogP contribution in [0.5, 0.6) is 11.5 Å². The number of aliphatic imine (C=N–C) groups is 1. The van der Waals surface area contributed by atoms with Crippen molar-refractivity contribution in [1.29, 1.82) is 0 Å². The largest absolute Gasteiger partial charge is 0.504 e. The Labute approximate surface area is 79.6 Å². The van der Waals surface area contributed by atoms with E-state index in [1.165, 1.54) is 6.07 Å². The lowest BCUT2D eigenvalue weighted by Crippen LogP contribution is -2.29. The Balaban J connectivity index is 2.59. The highest BCUT2D eigenvalue weighted by molar-refractivity contribution is 6.07. The second-order valence-corrected chi connectivity index (χ2v) is 3.40. The summed E-state index contributed by atoms with van der Waals surface area (Å²) in [6.07, 6.45) is 2.59. The highest BCUT2D eigenvalue weighted by Gasteiger charge is 2.18. The third-order valence-corrected chi connectivity index (χ3v) is 2.57. The van der Waals surface area contributed by atoms with Crippen molar-refractivity contribution in [2.45, 2.75) is 6.42 Å². The van der Waals surface area contributed by atoms with E-state index >= 15 is 0 Å². The summed E-state index contributed by atoms with van der Waals surface area (Å²) < 4.78 is 0. The predicted molar refractivity (Wildman–Crippen MR) is 51.6 cm³/mol. The van der Waals surface area contributed by atoms with E-state index in [0.29, 0.717) is 5.69 Å². The van der Waals surface area contributed by atoms with E-state index in [4.69, 9.17) is 0 Å². The van der Waals surface area contributed by atoms with E-state index in [-0.39, 0.29) is 11.5 Å². The van der Waals surface area contributed by atoms with Gasteiger partial charge in [0.15, 0.2) is 11.5 Å². The average Bonchev–Trinajstić information content (AvgIpc) is 2.60. The van der Waals surface area contributed by atoms with Gasteiger partial charge >= 0.3 is 0 Å². The van der Waals surface area contributed by atoms with E-state index in [1.807, 2.05) is 0 Å². The van der Waals surface area contributed by atoms with Crippen molar-refractivity contribution in [1.82, 2.24) is 0 Å². The summed E-state index contributed by atoms with van der Waals surface area (Å²) >= 11 is 0. The van der Waals surface area contributed by atoms with E-state index in [2.05, 4.69) is 9.98 Å². The first-order valence-corrected chi connectivity index (χ1v) is 4.44. The molecular weight excluding hydrogens is 180 g/mol. The third kappa shape index (κ3) is 0.775. The lowest BCUT2D eigenvalue weighted by molar-refractivity contribution is 0.404. The number of hydrogen-bond acceptors (Lipinski definition) is 4. The van der Waals surface area contributed by atoms with Gasteiger partial charge in [-0.25, -0.2) is 0 Å². The molecule has 0 bridgehead atoms. The molecule has 2 aliphatic rings. The maximum Gasteiger partial charge on any atom is 0.184 e. The molecule has 0 aliphatic carbocycles. The van der Waals surface area contributed by atoms with Crippen LogP contribution in [-0.4, -0.2) is 23.0 Å². The Bertz CT molecular complexity index is 573. The number of nitrogens with zero attached hydrogens (tertiary/aromatic N) is 2. The lowest BCUT2D eigenvalue weighted by atomic mass is 10.1. The Kier molecular flexibility index (Phi) is 1.27. The molecule has 0 saturated heterocycles. The SMILES string of the molecule is Oc1cc2c3c(c1O)N=CC=3CCN=2. The first kappa shape index (κ1) is 7.55. The zero-order chi connectivity index (χ0) is 9.71. The molecular formula is C10H8N2O2. The van der Waals surface area contributed by atoms with Crippen molar-refractivity contribution in [2.75, 3.05) is 6.54 Å². The number of phenols is 2. The van der Waals surface area contributed by atoms with Crippen molar-refractivity contribution >= 4 is 17.5 Å². The molecule has 14 heavy (non-hydrogen) atoms. The second kappa shape index (κ2) is 2.35. The maximum absolute atomic E-state index is 9.56. The van der Waals surface area contributed by atoms with Gasteiger partial charge in [0.25, 0.3) is 0 Å². The van der Waals surface area contributed by atoms with Gasteiger partial charge in [-0.05, 0) is 12.0 Å². The first-order valence-electron chi connectivity index (χ1n) is 4.44. The van der Waals surface area contributed by atoms with Crippen molar-refractivity contribution < 1.29 is 10.2 Å². The Hall–Kier alpha value is -1.84. The molecule has 1 aromatic rings. The minimum atomic E-state index is -0.150. The summed E-state index contributed by atoms with van der Waals surface area (Å²) in [5.74, 6) is -0.296. The number of hydrogen-bond donors (Lipinski definition) is 2. The van der Waals surface area contributed by atoms with Gasteiger partial charge in [-0.15, -0.1) is 0 Å². The van der Waals surface area contributed by atoms with Gasteiger partial charge in [0.05, 0.1) is 5.36 Å². The molecule has 0 saturated carbocycles. The zero-order valence-electron chi connectivity index (χ0n) is 7.36. The van der Waals surface area contributed by atoms with E-state index < -0.39 is 0 Å². The molecule has 1 aromatic carbocycles. The fourth-order valence-electron chi connectivity index (χ4n) is 1.89. The highest BCUT2D eigenvalue weighted by Crippen LogP contribution is 2.33. The molecule has 0 unspecified atom stereocenters. The molecule has 2 N–H and O–H groups in total. The summed E-state index contributed by atoms with van der Waals surface area (Å²) in [5.41, 5.74) is 1.55. The van der Waals surface area contributed by atoms with E-state index in [0.717, 1.165) is 29.1 Å². The van der Waals surface area contributed by atoms with Crippen molar-refractivity contribution in [3.05, 3.63) is 16.6 Å². The zero-order valence-corrected chi connectivity index (χ0v) is 7.36. The summed E-state index contributed by atoms with van der Waals surface area (Å²) in [4.78, 5) is 8.35. The summed E-state index contributed by atoms with van der Waals surface area (Å²) in [7, 11) is 0. The minimum Gasteiger partial charge on any atom is -0.504 e. The first-order chi connectivity index (χ1) is 6.77. The molecule has 3 rings (SSSR count). The average molecular weight is 188 g/mol. The van der Waals surface area contributed by atoms with Gasteiger partial charge < -0.3 is 10.2 Å². The topological polar surface area (TPSA) is 65.2 Å². The second-order valence-electron chi connectivity index (χ2n) is 3.40. The fraction of sp³-hybridized carbons (Fsp3) is 0.200. The van der Waals surface area contributed by atoms with Crippen LogP contribution in [0.3, 0.4) is 0 Å². The van der Waals surface area contributed by atoms with Crippen LogP contribution in [0.15, 0.2) is 16.1 Å². The van der Waals surface area contributed by atoms with Crippen LogP contribution >= 0.6 is 0 Å². The molecule has 0 aromatic heterocycles. The van der Waals surface area contributed by atoms with E-state index in [1.54, 1.807) is 6.21 Å². The van der Waals surface area contributed by atoms with Gasteiger partial charge in [-0.3, -0.25) is 9.98 Å². The van der Waals surface area contributed by atoms with Crippen molar-refractivity contribution in [3.63, 3.8) is 0 Å². The monoisotopic (exact) mass is 188 g/mol. The molecule has 0 atom stereocenters. The molecule has 70 valence electrons. The van der Waals surface area contributed by atoms with Crippen molar-refractivity contribution in [2.24, 2.45) is 9.98 Å². The maximum atomic E-state index is 9.56. The van der Waals surface area contributed by atoms with Gasteiger partial charge in [-0.1, -0.05) is 0 Å². The van der Waals surface area contributed by atoms with Crippen LogP contribution in [-0.2, 0) is 0 Å². The van der Waals surface area contributed by atoms with E-state index in [9.17, 15) is 10.2 Å². The minimum absolute atomic E-state index is 0.146. The van der Waals surface area contributed by atoms with Crippen LogP contribution in [0.25, 0.3) is 5.57 Å². The van der Waals surface area contributed by atoms with Crippen LogP contribution in [0.4, 0.5) is 5.69 Å². The standard InChI is InChI=1S/C10H8N2O2/c13-7-3-6-8-5(1-2-11-6)4-12-9(8)10(7)14/h3-4,13-14H,1-2H2. The van der Waals surface area contributed by atoms with Gasteiger partial charge in [0.1, 0.15) is 5.69 Å². The molecule has 0 amide bonds. The summed E-state index contributed by atoms with van der Waals surface area (Å²) in [5, 5.41) is 20.6. The molecule has 0 fully saturated rings. The molecule has 0 radical (unpaired) electrons. The van der Waals surface area contributed by atoms with Crippen LogP contribution < -0.4 is 10.6 Å². The lowest BCUT2D eigenvalue weighted by Gasteiger charge is -2.05. The number of rotatable bonds is 0. The summed E-state index contributed by atoms with van der Waals surface area (Å²) in [6, 6.07) is 1.49. The third-order valence-electron chi connectivity index (χ3n) is 2.57. The quantitative estimate of drug-likeness (QED) is 0.562. The molecule has 2 heterocycles. The van der Waals surface area contributed by atoms with Gasteiger partial charge in [0.2, 0.25) is 0 Å². The van der Waals surface area contributed by atoms with Crippen LogP contribution in [0.2, 0.25) is 0 Å². The smallest absolute Gasteiger partial charge is 0.184 e. The number of phenolic OH excluding ortho intramolecular Hbond substituents is 2. The van der Waals surface area contributed by atoms with Gasteiger partial charge in [-0.2, -0.15) is 0 Å². The Morgan fingerprint density at radius 1 is 1.29 bits per heavy atom. The predicted octanol–water partition coefficient (Wildman–Crippen LogP) is -0.0123. The van der Waals surface area contributed by atoms with Crippen molar-refractivity contribution in [3.8, 4) is 11.5 Å². The van der Waals surface area contributed by atoms with Gasteiger partial charge in [0, 0.05) is 24.0 Å². The molecule has 4 nitrogen and oxygen atoms in total. The molecule has 2 aliphatic heterocycles. The summed E-state index contributed by atoms with van der Waals surface area (Å²) in [6.45, 7) is 0.720. The highest BCUT2D eigenvalue weighted by atomic mass is 16.3. The fourth-order valence-corrected chi connectivity index (χ4v) is 1.89. The molecule has 0 spiro atoms. The number of benzene rings is 1. The Morgan fingerprint density at radius 3 is 3.00 bits per heavy atom.